The van der Waals surface area contributed by atoms with Crippen LogP contribution in [0.5, 0.6) is 0 Å². The van der Waals surface area contributed by atoms with Crippen molar-refractivity contribution in [3.05, 3.63) is 47.5 Å². The van der Waals surface area contributed by atoms with E-state index in [9.17, 15) is 4.79 Å². The van der Waals surface area contributed by atoms with Crippen LogP contribution in [0, 0.1) is 0 Å². The highest BCUT2D eigenvalue weighted by molar-refractivity contribution is 7.13. The molecule has 19 heavy (non-hydrogen) atoms. The Labute approximate surface area is 116 Å². The van der Waals surface area contributed by atoms with E-state index < -0.39 is 0 Å². The maximum Gasteiger partial charge on any atom is 0.253 e. The molecule has 1 aliphatic heterocycles. The molecule has 1 aromatic heterocycles. The van der Waals surface area contributed by atoms with E-state index in [0.29, 0.717) is 0 Å². The normalized spacial score (nSPS) is 15.6. The summed E-state index contributed by atoms with van der Waals surface area (Å²) in [5.41, 5.74) is 0.769. The Balaban J connectivity index is 1.63. The Bertz CT molecular complexity index is 533. The number of hydrogen-bond acceptors (Lipinski definition) is 4. The van der Waals surface area contributed by atoms with E-state index in [1.807, 2.05) is 46.8 Å². The molecule has 1 amide bonds. The number of benzene rings is 1. The molecule has 0 atom stereocenters. The van der Waals surface area contributed by atoms with Gasteiger partial charge in [-0.25, -0.2) is 4.98 Å². The molecule has 1 fully saturated rings. The Morgan fingerprint density at radius 3 is 2.47 bits per heavy atom. The third-order valence-electron chi connectivity index (χ3n) is 3.28. The quantitative estimate of drug-likeness (QED) is 0.841. The van der Waals surface area contributed by atoms with Crippen LogP contribution in [0.15, 0.2) is 41.9 Å². The summed E-state index contributed by atoms with van der Waals surface area (Å²) in [4.78, 5) is 20.7. The molecule has 0 saturated carbocycles. The summed E-state index contributed by atoms with van der Waals surface area (Å²) in [6, 6.07) is 9.47. The number of carbonyl (C=O) groups excluding carboxylic acids is 1. The van der Waals surface area contributed by atoms with Crippen LogP contribution in [-0.4, -0.2) is 42.0 Å². The topological polar surface area (TPSA) is 36.4 Å². The van der Waals surface area contributed by atoms with Gasteiger partial charge in [0.2, 0.25) is 0 Å². The van der Waals surface area contributed by atoms with Crippen molar-refractivity contribution in [2.24, 2.45) is 0 Å². The van der Waals surface area contributed by atoms with Crippen LogP contribution in [0.2, 0.25) is 0 Å². The molecule has 1 aromatic carbocycles. The first-order valence-corrected chi connectivity index (χ1v) is 7.21. The molecule has 2 heterocycles. The highest BCUT2D eigenvalue weighted by atomic mass is 32.1. The number of piperazine rings is 1. The summed E-state index contributed by atoms with van der Waals surface area (Å²) >= 11 is 1.65. The van der Waals surface area contributed by atoms with Crippen LogP contribution >= 0.6 is 11.3 Å². The number of aromatic nitrogens is 1. The van der Waals surface area contributed by atoms with Crippen LogP contribution in [0.3, 0.4) is 0 Å². The van der Waals surface area contributed by atoms with Crippen molar-refractivity contribution in [1.29, 1.82) is 0 Å². The van der Waals surface area contributed by atoms with E-state index >= 15 is 0 Å². The highest BCUT2D eigenvalue weighted by Crippen LogP contribution is 2.19. The fourth-order valence-corrected chi connectivity index (χ4v) is 2.93. The lowest BCUT2D eigenvalue weighted by Crippen LogP contribution is -2.48. The van der Waals surface area contributed by atoms with Crippen LogP contribution in [0.1, 0.15) is 10.4 Å². The third kappa shape index (κ3) is 2.61. The van der Waals surface area contributed by atoms with Gasteiger partial charge in [0.15, 0.2) is 5.13 Å². The number of thiazole rings is 1. The highest BCUT2D eigenvalue weighted by Gasteiger charge is 2.22. The van der Waals surface area contributed by atoms with Crippen molar-refractivity contribution in [3.63, 3.8) is 0 Å². The summed E-state index contributed by atoms with van der Waals surface area (Å²) < 4.78 is 0. The molecule has 98 valence electrons. The zero-order valence-electron chi connectivity index (χ0n) is 10.5. The maximum absolute atomic E-state index is 12.3. The molecule has 0 unspecified atom stereocenters. The van der Waals surface area contributed by atoms with Gasteiger partial charge in [-0.1, -0.05) is 18.2 Å². The maximum atomic E-state index is 12.3. The van der Waals surface area contributed by atoms with E-state index in [2.05, 4.69) is 9.88 Å². The van der Waals surface area contributed by atoms with Gasteiger partial charge < -0.3 is 9.80 Å². The molecule has 0 aliphatic carbocycles. The molecule has 5 heteroatoms. The fourth-order valence-electron chi connectivity index (χ4n) is 2.24. The van der Waals surface area contributed by atoms with Crippen LogP contribution in [0.4, 0.5) is 5.13 Å². The minimum atomic E-state index is 0.124. The first-order chi connectivity index (χ1) is 9.34. The third-order valence-corrected chi connectivity index (χ3v) is 4.11. The predicted molar refractivity (Wildman–Crippen MR) is 76.7 cm³/mol. The summed E-state index contributed by atoms with van der Waals surface area (Å²) in [6.07, 6.45) is 1.82. The predicted octanol–water partition coefficient (Wildman–Crippen LogP) is 2.11. The number of nitrogens with zero attached hydrogens (tertiary/aromatic N) is 3. The monoisotopic (exact) mass is 273 g/mol. The van der Waals surface area contributed by atoms with Gasteiger partial charge in [-0.15, -0.1) is 11.3 Å². The molecule has 0 spiro atoms. The Morgan fingerprint density at radius 1 is 1.11 bits per heavy atom. The van der Waals surface area contributed by atoms with Crippen molar-refractivity contribution in [3.8, 4) is 0 Å². The summed E-state index contributed by atoms with van der Waals surface area (Å²) in [5.74, 6) is 0.124. The fraction of sp³-hybridized carbons (Fsp3) is 0.286. The largest absolute Gasteiger partial charge is 0.345 e. The molecule has 3 rings (SSSR count). The van der Waals surface area contributed by atoms with Crippen LogP contribution < -0.4 is 4.90 Å². The van der Waals surface area contributed by atoms with Crippen molar-refractivity contribution in [2.45, 2.75) is 0 Å². The summed E-state index contributed by atoms with van der Waals surface area (Å²) in [5, 5.41) is 3.03. The van der Waals surface area contributed by atoms with Gasteiger partial charge in [-0.2, -0.15) is 0 Å². The van der Waals surface area contributed by atoms with Gasteiger partial charge in [0.05, 0.1) is 0 Å². The lowest BCUT2D eigenvalue weighted by molar-refractivity contribution is 0.0747. The molecule has 0 bridgehead atoms. The summed E-state index contributed by atoms with van der Waals surface area (Å²) in [7, 11) is 0. The van der Waals surface area contributed by atoms with E-state index in [-0.39, 0.29) is 5.91 Å². The molecular formula is C14H15N3OS. The molecule has 1 saturated heterocycles. The van der Waals surface area contributed by atoms with Gasteiger partial charge in [0.25, 0.3) is 5.91 Å². The standard InChI is InChI=1S/C14H15N3OS/c18-13(12-4-2-1-3-5-12)16-7-9-17(10-8-16)14-15-6-11-19-14/h1-6,11H,7-10H2. The Hall–Kier alpha value is -1.88. The van der Waals surface area contributed by atoms with E-state index in [1.165, 1.54) is 0 Å². The molecule has 1 aliphatic rings. The van der Waals surface area contributed by atoms with Gasteiger partial charge in [0.1, 0.15) is 0 Å². The number of anilines is 1. The molecular weight excluding hydrogens is 258 g/mol. The van der Waals surface area contributed by atoms with Gasteiger partial charge in [-0.3, -0.25) is 4.79 Å². The second-order valence-corrected chi connectivity index (χ2v) is 5.33. The number of carbonyl (C=O) groups is 1. The lowest BCUT2D eigenvalue weighted by Gasteiger charge is -2.34. The average molecular weight is 273 g/mol. The summed E-state index contributed by atoms with van der Waals surface area (Å²) in [6.45, 7) is 3.22. The number of amides is 1. The lowest BCUT2D eigenvalue weighted by atomic mass is 10.2. The van der Waals surface area contributed by atoms with Crippen LogP contribution in [-0.2, 0) is 0 Å². The molecule has 4 nitrogen and oxygen atoms in total. The minimum Gasteiger partial charge on any atom is -0.345 e. The second-order valence-electron chi connectivity index (χ2n) is 4.46. The number of rotatable bonds is 2. The van der Waals surface area contributed by atoms with Crippen LogP contribution in [0.25, 0.3) is 0 Å². The van der Waals surface area contributed by atoms with Gasteiger partial charge in [-0.05, 0) is 12.1 Å². The van der Waals surface area contributed by atoms with Crippen molar-refractivity contribution >= 4 is 22.4 Å². The van der Waals surface area contributed by atoms with E-state index in [4.69, 9.17) is 0 Å². The minimum absolute atomic E-state index is 0.124. The first kappa shape index (κ1) is 12.2. The zero-order chi connectivity index (χ0) is 13.1. The molecule has 0 N–H and O–H groups in total. The van der Waals surface area contributed by atoms with Gasteiger partial charge >= 0.3 is 0 Å². The van der Waals surface area contributed by atoms with Crippen molar-refractivity contribution in [2.75, 3.05) is 31.1 Å². The smallest absolute Gasteiger partial charge is 0.253 e. The second kappa shape index (κ2) is 5.40. The van der Waals surface area contributed by atoms with E-state index in [0.717, 1.165) is 36.9 Å². The number of hydrogen-bond donors (Lipinski definition) is 0. The van der Waals surface area contributed by atoms with Crippen molar-refractivity contribution in [1.82, 2.24) is 9.88 Å². The molecule has 2 aromatic rings. The first-order valence-electron chi connectivity index (χ1n) is 6.33. The Morgan fingerprint density at radius 2 is 1.84 bits per heavy atom. The average Bonchev–Trinajstić information content (AvgIpc) is 3.02. The van der Waals surface area contributed by atoms with E-state index in [1.54, 1.807) is 11.3 Å². The Kier molecular flexibility index (Phi) is 3.46. The zero-order valence-corrected chi connectivity index (χ0v) is 11.3. The SMILES string of the molecule is O=C(c1ccccc1)N1CCN(c2nccs2)CC1. The molecule has 0 radical (unpaired) electrons. The van der Waals surface area contributed by atoms with Crippen molar-refractivity contribution < 1.29 is 4.79 Å². The van der Waals surface area contributed by atoms with Gasteiger partial charge in [0, 0.05) is 43.3 Å².